The lowest BCUT2D eigenvalue weighted by atomic mass is 10.2. The van der Waals surface area contributed by atoms with E-state index in [0.29, 0.717) is 11.8 Å². The minimum absolute atomic E-state index is 0.259. The molecule has 5 nitrogen and oxygen atoms in total. The number of benzene rings is 1. The average Bonchev–Trinajstić information content (AvgIpc) is 2.28. The number of pyridine rings is 1. The fraction of sp³-hybridized carbons (Fsp3) is 0. The van der Waals surface area contributed by atoms with Gasteiger partial charge in [0.05, 0.1) is 16.8 Å². The highest BCUT2D eigenvalue weighted by molar-refractivity contribution is 5.69. The normalized spacial score (nSPS) is 10.1. The fourth-order valence-corrected chi connectivity index (χ4v) is 1.44. The van der Waals surface area contributed by atoms with Crippen molar-refractivity contribution in [3.8, 4) is 0 Å². The third-order valence-corrected chi connectivity index (χ3v) is 2.15. The molecule has 0 atom stereocenters. The van der Waals surface area contributed by atoms with Crippen LogP contribution in [0.25, 0.3) is 0 Å². The molecule has 2 rings (SSSR count). The largest absolute Gasteiger partial charge is 0.348 e. The topological polar surface area (TPSA) is 68.1 Å². The van der Waals surface area contributed by atoms with Crippen LogP contribution in [0.3, 0.4) is 0 Å². The van der Waals surface area contributed by atoms with Gasteiger partial charge in [0.15, 0.2) is 0 Å². The number of hydrogen-bond acceptors (Lipinski definition) is 4. The summed E-state index contributed by atoms with van der Waals surface area (Å²) in [5.74, 6) is -2.13. The summed E-state index contributed by atoms with van der Waals surface area (Å²) in [6, 6.07) is 4.48. The van der Waals surface area contributed by atoms with Crippen LogP contribution in [-0.2, 0) is 0 Å². The smallest absolute Gasteiger partial charge is 0.328 e. The zero-order chi connectivity index (χ0) is 13.1. The van der Waals surface area contributed by atoms with Crippen molar-refractivity contribution in [1.29, 1.82) is 0 Å². The number of anilines is 2. The lowest BCUT2D eigenvalue weighted by Crippen LogP contribution is -2.01. The molecular weight excluding hydrogens is 244 g/mol. The van der Waals surface area contributed by atoms with Crippen LogP contribution in [-0.4, -0.2) is 9.91 Å². The molecule has 18 heavy (non-hydrogen) atoms. The molecule has 1 heterocycles. The van der Waals surface area contributed by atoms with Gasteiger partial charge in [0.1, 0.15) is 11.5 Å². The molecular formula is C11H7F2N3O2. The van der Waals surface area contributed by atoms with Gasteiger partial charge >= 0.3 is 5.69 Å². The molecule has 0 radical (unpaired) electrons. The molecule has 92 valence electrons. The van der Waals surface area contributed by atoms with Crippen molar-refractivity contribution in [2.75, 3.05) is 5.32 Å². The first-order chi connectivity index (χ1) is 8.58. The van der Waals surface area contributed by atoms with E-state index in [9.17, 15) is 18.9 Å². The van der Waals surface area contributed by atoms with Gasteiger partial charge in [-0.05, 0) is 12.1 Å². The SMILES string of the molecule is O=[N+]([O-])c1c(F)cc(F)cc1Nc1cccnc1. The molecule has 1 N–H and O–H groups in total. The summed E-state index contributed by atoms with van der Waals surface area (Å²) in [5.41, 5.74) is -0.670. The maximum absolute atomic E-state index is 13.3. The third kappa shape index (κ3) is 2.40. The highest BCUT2D eigenvalue weighted by atomic mass is 19.1. The number of rotatable bonds is 3. The zero-order valence-corrected chi connectivity index (χ0v) is 8.93. The molecule has 2 aromatic rings. The summed E-state index contributed by atoms with van der Waals surface area (Å²) in [7, 11) is 0. The minimum Gasteiger partial charge on any atom is -0.348 e. The molecule has 0 fully saturated rings. The molecule has 0 bridgehead atoms. The number of nitrogens with zero attached hydrogens (tertiary/aromatic N) is 2. The molecule has 0 saturated heterocycles. The summed E-state index contributed by atoms with van der Waals surface area (Å²) in [5, 5.41) is 13.3. The molecule has 1 aromatic heterocycles. The van der Waals surface area contributed by atoms with Crippen LogP contribution in [0.1, 0.15) is 0 Å². The van der Waals surface area contributed by atoms with Gasteiger partial charge in [-0.3, -0.25) is 15.1 Å². The van der Waals surface area contributed by atoms with Crippen molar-refractivity contribution in [3.63, 3.8) is 0 Å². The quantitative estimate of drug-likeness (QED) is 0.672. The van der Waals surface area contributed by atoms with Gasteiger partial charge in [0.2, 0.25) is 5.82 Å². The van der Waals surface area contributed by atoms with Gasteiger partial charge in [0, 0.05) is 18.3 Å². The Bertz CT molecular complexity index is 590. The van der Waals surface area contributed by atoms with E-state index in [-0.39, 0.29) is 5.69 Å². The van der Waals surface area contributed by atoms with Crippen molar-refractivity contribution in [3.05, 3.63) is 58.4 Å². The average molecular weight is 251 g/mol. The Morgan fingerprint density at radius 3 is 2.72 bits per heavy atom. The van der Waals surface area contributed by atoms with Crippen molar-refractivity contribution in [2.24, 2.45) is 0 Å². The van der Waals surface area contributed by atoms with Crippen LogP contribution in [0.5, 0.6) is 0 Å². The first-order valence-electron chi connectivity index (χ1n) is 4.88. The van der Waals surface area contributed by atoms with Crippen LogP contribution in [0, 0.1) is 21.7 Å². The van der Waals surface area contributed by atoms with Gasteiger partial charge in [-0.1, -0.05) is 0 Å². The van der Waals surface area contributed by atoms with E-state index in [0.717, 1.165) is 6.07 Å². The first kappa shape index (κ1) is 11.9. The highest BCUT2D eigenvalue weighted by Crippen LogP contribution is 2.30. The second-order valence-electron chi connectivity index (χ2n) is 3.41. The number of nitro groups is 1. The van der Waals surface area contributed by atoms with E-state index < -0.39 is 22.2 Å². The Balaban J connectivity index is 2.46. The number of aromatic nitrogens is 1. The van der Waals surface area contributed by atoms with Gasteiger partial charge in [-0.15, -0.1) is 0 Å². The van der Waals surface area contributed by atoms with Gasteiger partial charge in [-0.2, -0.15) is 4.39 Å². The van der Waals surface area contributed by atoms with Crippen LogP contribution >= 0.6 is 0 Å². The lowest BCUT2D eigenvalue weighted by Gasteiger charge is -2.07. The number of nitro benzene ring substituents is 1. The first-order valence-corrected chi connectivity index (χ1v) is 4.88. The van der Waals surface area contributed by atoms with Crippen LogP contribution < -0.4 is 5.32 Å². The molecule has 0 spiro atoms. The number of halogens is 2. The predicted octanol–water partition coefficient (Wildman–Crippen LogP) is 3.01. The standard InChI is InChI=1S/C11H7F2N3O2/c12-7-4-9(13)11(16(17)18)10(5-7)15-8-2-1-3-14-6-8/h1-6,15H. The van der Waals surface area contributed by atoms with Crippen molar-refractivity contribution < 1.29 is 13.7 Å². The van der Waals surface area contributed by atoms with Gasteiger partial charge in [0.25, 0.3) is 0 Å². The molecule has 0 unspecified atom stereocenters. The van der Waals surface area contributed by atoms with Crippen LogP contribution in [0.4, 0.5) is 25.8 Å². The van der Waals surface area contributed by atoms with Crippen molar-refractivity contribution in [2.45, 2.75) is 0 Å². The summed E-state index contributed by atoms with van der Waals surface area (Å²) in [6.45, 7) is 0. The Hall–Kier alpha value is -2.57. The summed E-state index contributed by atoms with van der Waals surface area (Å²) in [4.78, 5) is 13.6. The van der Waals surface area contributed by atoms with E-state index in [4.69, 9.17) is 0 Å². The molecule has 7 heteroatoms. The Kier molecular flexibility index (Phi) is 3.13. The van der Waals surface area contributed by atoms with Gasteiger partial charge in [-0.25, -0.2) is 4.39 Å². The fourth-order valence-electron chi connectivity index (χ4n) is 1.44. The zero-order valence-electron chi connectivity index (χ0n) is 8.93. The van der Waals surface area contributed by atoms with Crippen LogP contribution in [0.2, 0.25) is 0 Å². The maximum Gasteiger partial charge on any atom is 0.328 e. The van der Waals surface area contributed by atoms with Crippen molar-refractivity contribution >= 4 is 17.1 Å². The lowest BCUT2D eigenvalue weighted by molar-refractivity contribution is -0.386. The molecule has 0 aliphatic heterocycles. The number of hydrogen-bond donors (Lipinski definition) is 1. The van der Waals surface area contributed by atoms with Crippen molar-refractivity contribution in [1.82, 2.24) is 4.98 Å². The van der Waals surface area contributed by atoms with Gasteiger partial charge < -0.3 is 5.32 Å². The summed E-state index contributed by atoms with van der Waals surface area (Å²) in [6.07, 6.45) is 2.89. The predicted molar refractivity (Wildman–Crippen MR) is 60.5 cm³/mol. The molecule has 0 aliphatic carbocycles. The maximum atomic E-state index is 13.3. The Labute approximate surface area is 100 Å². The monoisotopic (exact) mass is 251 g/mol. The molecule has 0 amide bonds. The van der Waals surface area contributed by atoms with E-state index in [2.05, 4.69) is 10.3 Å². The second kappa shape index (κ2) is 4.74. The molecule has 0 aliphatic rings. The minimum atomic E-state index is -1.23. The van der Waals surface area contributed by atoms with E-state index in [1.807, 2.05) is 0 Å². The Morgan fingerprint density at radius 1 is 1.33 bits per heavy atom. The second-order valence-corrected chi connectivity index (χ2v) is 3.41. The van der Waals surface area contributed by atoms with E-state index in [1.165, 1.54) is 12.4 Å². The summed E-state index contributed by atoms with van der Waals surface area (Å²) < 4.78 is 26.4. The highest BCUT2D eigenvalue weighted by Gasteiger charge is 2.22. The Morgan fingerprint density at radius 2 is 2.11 bits per heavy atom. The van der Waals surface area contributed by atoms with E-state index >= 15 is 0 Å². The van der Waals surface area contributed by atoms with Crippen LogP contribution in [0.15, 0.2) is 36.7 Å². The molecule has 0 saturated carbocycles. The molecule has 1 aromatic carbocycles. The van der Waals surface area contributed by atoms with E-state index in [1.54, 1.807) is 12.1 Å². The number of nitrogens with one attached hydrogen (secondary N) is 1. The third-order valence-electron chi connectivity index (χ3n) is 2.15. The summed E-state index contributed by atoms with van der Waals surface area (Å²) >= 11 is 0.